The summed E-state index contributed by atoms with van der Waals surface area (Å²) >= 11 is 0. The van der Waals surface area contributed by atoms with Crippen molar-refractivity contribution in [1.82, 2.24) is 0 Å². The highest BCUT2D eigenvalue weighted by molar-refractivity contribution is 6.21. The molecule has 0 fully saturated rings. The van der Waals surface area contributed by atoms with Crippen LogP contribution < -0.4 is 0 Å². The van der Waals surface area contributed by atoms with E-state index in [1.807, 2.05) is 0 Å². The summed E-state index contributed by atoms with van der Waals surface area (Å²) in [5.41, 5.74) is 0. The molecule has 0 spiro atoms. The van der Waals surface area contributed by atoms with E-state index in [9.17, 15) is 9.18 Å². The van der Waals surface area contributed by atoms with Crippen LogP contribution in [0.4, 0.5) is 4.39 Å². The fourth-order valence-corrected chi connectivity index (χ4v) is 0.111. The maximum absolute atomic E-state index is 10.9. The zero-order valence-electron chi connectivity index (χ0n) is 3.87. The standard InChI is InChI=1S/C3H4FNO3/c4-2-8-5-1-3(6)7/h1H,2H2,(H,6,7)/b5-1-. The number of carbonyl (C=O) groups is 1. The van der Waals surface area contributed by atoms with Crippen LogP contribution in [0.2, 0.25) is 0 Å². The minimum Gasteiger partial charge on any atom is -0.477 e. The molecule has 0 aliphatic heterocycles. The maximum Gasteiger partial charge on any atom is 0.350 e. The van der Waals surface area contributed by atoms with Crippen LogP contribution in [0.25, 0.3) is 0 Å². The van der Waals surface area contributed by atoms with Crippen molar-refractivity contribution < 1.29 is 19.1 Å². The molecular weight excluding hydrogens is 117 g/mol. The number of rotatable bonds is 3. The normalized spacial score (nSPS) is 9.62. The lowest BCUT2D eigenvalue weighted by atomic mass is 10.8. The van der Waals surface area contributed by atoms with Crippen molar-refractivity contribution in [3.05, 3.63) is 0 Å². The van der Waals surface area contributed by atoms with Gasteiger partial charge in [-0.25, -0.2) is 9.18 Å². The second-order valence-electron chi connectivity index (χ2n) is 0.811. The van der Waals surface area contributed by atoms with E-state index in [-0.39, 0.29) is 0 Å². The number of aliphatic carboxylic acids is 1. The van der Waals surface area contributed by atoms with Crippen LogP contribution in [0, 0.1) is 0 Å². The molecule has 0 rings (SSSR count). The number of alkyl halides is 1. The van der Waals surface area contributed by atoms with Crippen molar-refractivity contribution in [2.75, 3.05) is 6.86 Å². The third kappa shape index (κ3) is 4.87. The first-order chi connectivity index (χ1) is 3.77. The molecule has 46 valence electrons. The quantitative estimate of drug-likeness (QED) is 0.422. The first kappa shape index (κ1) is 6.87. The van der Waals surface area contributed by atoms with E-state index in [0.29, 0.717) is 6.21 Å². The summed E-state index contributed by atoms with van der Waals surface area (Å²) in [7, 11) is 0. The average Bonchev–Trinajstić information content (AvgIpc) is 1.66. The second kappa shape index (κ2) is 4.04. The van der Waals surface area contributed by atoms with Gasteiger partial charge in [0, 0.05) is 0 Å². The van der Waals surface area contributed by atoms with Crippen molar-refractivity contribution in [3.8, 4) is 0 Å². The first-order valence-electron chi connectivity index (χ1n) is 1.71. The molecule has 0 amide bonds. The van der Waals surface area contributed by atoms with Gasteiger partial charge in [0.2, 0.25) is 0 Å². The Labute approximate surface area is 44.6 Å². The molecular formula is C3H4FNO3. The number of halogens is 1. The Hall–Kier alpha value is -1.13. The smallest absolute Gasteiger partial charge is 0.350 e. The summed E-state index contributed by atoms with van der Waals surface area (Å²) in [6.45, 7) is -1.11. The molecule has 1 N–H and O–H groups in total. The molecule has 0 saturated carbocycles. The van der Waals surface area contributed by atoms with Gasteiger partial charge in [-0.3, -0.25) is 0 Å². The van der Waals surface area contributed by atoms with Crippen LogP contribution in [0.5, 0.6) is 0 Å². The van der Waals surface area contributed by atoms with Gasteiger partial charge in [0.15, 0.2) is 6.21 Å². The highest BCUT2D eigenvalue weighted by Gasteiger charge is 1.84. The van der Waals surface area contributed by atoms with E-state index >= 15 is 0 Å². The highest BCUT2D eigenvalue weighted by Crippen LogP contribution is 1.72. The van der Waals surface area contributed by atoms with Crippen LogP contribution in [-0.4, -0.2) is 24.2 Å². The van der Waals surface area contributed by atoms with E-state index in [0.717, 1.165) is 0 Å². The van der Waals surface area contributed by atoms with E-state index in [4.69, 9.17) is 5.11 Å². The Balaban J connectivity index is 3.20. The Kier molecular flexibility index (Phi) is 3.47. The Morgan fingerprint density at radius 1 is 2.00 bits per heavy atom. The maximum atomic E-state index is 10.9. The molecule has 0 radical (unpaired) electrons. The molecule has 0 atom stereocenters. The monoisotopic (exact) mass is 121 g/mol. The molecule has 8 heavy (non-hydrogen) atoms. The summed E-state index contributed by atoms with van der Waals surface area (Å²) in [5.74, 6) is -1.27. The molecule has 0 aliphatic rings. The lowest BCUT2D eigenvalue weighted by Gasteiger charge is -1.82. The molecule has 0 bridgehead atoms. The Morgan fingerprint density at radius 2 is 2.62 bits per heavy atom. The topological polar surface area (TPSA) is 58.9 Å². The fourth-order valence-electron chi connectivity index (χ4n) is 0.111. The summed E-state index contributed by atoms with van der Waals surface area (Å²) in [5, 5.41) is 10.5. The lowest BCUT2D eigenvalue weighted by molar-refractivity contribution is -0.129. The number of hydrogen-bond donors (Lipinski definition) is 1. The van der Waals surface area contributed by atoms with Crippen molar-refractivity contribution in [2.24, 2.45) is 5.16 Å². The third-order valence-electron chi connectivity index (χ3n) is 0.286. The van der Waals surface area contributed by atoms with Crippen LogP contribution in [0.3, 0.4) is 0 Å². The summed E-state index contributed by atoms with van der Waals surface area (Å²) in [6.07, 6.45) is 0.458. The van der Waals surface area contributed by atoms with Crippen molar-refractivity contribution >= 4 is 12.2 Å². The van der Waals surface area contributed by atoms with Gasteiger partial charge in [0.25, 0.3) is 6.86 Å². The van der Waals surface area contributed by atoms with Gasteiger partial charge < -0.3 is 9.94 Å². The van der Waals surface area contributed by atoms with Crippen molar-refractivity contribution in [1.29, 1.82) is 0 Å². The minimum atomic E-state index is -1.27. The number of carboxylic acids is 1. The molecule has 0 aromatic rings. The van der Waals surface area contributed by atoms with Gasteiger partial charge >= 0.3 is 5.97 Å². The predicted molar refractivity (Wildman–Crippen MR) is 23.2 cm³/mol. The minimum absolute atomic E-state index is 0.458. The highest BCUT2D eigenvalue weighted by atomic mass is 19.1. The largest absolute Gasteiger partial charge is 0.477 e. The molecule has 0 aliphatic carbocycles. The van der Waals surface area contributed by atoms with Gasteiger partial charge in [-0.15, -0.1) is 0 Å². The molecule has 0 aromatic carbocycles. The van der Waals surface area contributed by atoms with Gasteiger partial charge in [0.05, 0.1) is 0 Å². The van der Waals surface area contributed by atoms with E-state index in [2.05, 4.69) is 9.99 Å². The Bertz CT molecular complexity index is 103. The van der Waals surface area contributed by atoms with E-state index < -0.39 is 12.8 Å². The van der Waals surface area contributed by atoms with Gasteiger partial charge in [0.1, 0.15) is 0 Å². The average molecular weight is 121 g/mol. The van der Waals surface area contributed by atoms with Crippen LogP contribution in [0.1, 0.15) is 0 Å². The SMILES string of the molecule is O=C(O)/C=N\OCF. The van der Waals surface area contributed by atoms with E-state index in [1.54, 1.807) is 0 Å². The zero-order valence-corrected chi connectivity index (χ0v) is 3.87. The van der Waals surface area contributed by atoms with Gasteiger partial charge in [-0.05, 0) is 0 Å². The molecule has 0 saturated heterocycles. The number of hydrogen-bond acceptors (Lipinski definition) is 3. The Morgan fingerprint density at radius 3 is 3.00 bits per heavy atom. The lowest BCUT2D eigenvalue weighted by Crippen LogP contribution is -1.95. The fraction of sp³-hybridized carbons (Fsp3) is 0.333. The van der Waals surface area contributed by atoms with Gasteiger partial charge in [-0.1, -0.05) is 5.16 Å². The molecule has 0 aromatic heterocycles. The first-order valence-corrected chi connectivity index (χ1v) is 1.71. The van der Waals surface area contributed by atoms with Crippen LogP contribution in [-0.2, 0) is 9.63 Å². The summed E-state index contributed by atoms with van der Waals surface area (Å²) in [6, 6.07) is 0. The predicted octanol–water partition coefficient (Wildman–Crippen LogP) is 0.000400. The third-order valence-corrected chi connectivity index (χ3v) is 0.286. The summed E-state index contributed by atoms with van der Waals surface area (Å²) < 4.78 is 10.9. The van der Waals surface area contributed by atoms with Crippen molar-refractivity contribution in [3.63, 3.8) is 0 Å². The molecule has 5 heteroatoms. The zero-order chi connectivity index (χ0) is 6.41. The van der Waals surface area contributed by atoms with Crippen LogP contribution in [0.15, 0.2) is 5.16 Å². The van der Waals surface area contributed by atoms with Crippen LogP contribution >= 0.6 is 0 Å². The molecule has 4 nitrogen and oxygen atoms in total. The number of oxime groups is 1. The molecule has 0 heterocycles. The molecule has 0 unspecified atom stereocenters. The number of carboxylic acid groups (broad SMARTS) is 1. The van der Waals surface area contributed by atoms with E-state index in [1.165, 1.54) is 0 Å². The number of nitrogens with zero attached hydrogens (tertiary/aromatic N) is 1. The van der Waals surface area contributed by atoms with Gasteiger partial charge in [-0.2, -0.15) is 0 Å². The second-order valence-corrected chi connectivity index (χ2v) is 0.811. The van der Waals surface area contributed by atoms with Crippen molar-refractivity contribution in [2.45, 2.75) is 0 Å². The summed E-state index contributed by atoms with van der Waals surface area (Å²) in [4.78, 5) is 13.2.